The van der Waals surface area contributed by atoms with E-state index < -0.39 is 18.0 Å². The largest absolute Gasteiger partial charge is 0.379 e. The summed E-state index contributed by atoms with van der Waals surface area (Å²) in [6.07, 6.45) is 13.2. The van der Waals surface area contributed by atoms with Crippen molar-refractivity contribution in [1.82, 2.24) is 20.9 Å². The van der Waals surface area contributed by atoms with Gasteiger partial charge in [0, 0.05) is 85.9 Å². The molecule has 2 atom stereocenters. The number of ketones is 2. The van der Waals surface area contributed by atoms with Crippen LogP contribution in [0, 0.1) is 17.8 Å². The number of Topliss-reactive ketones (excluding diaryl/α,β-unsaturated/α-hetero) is 2. The summed E-state index contributed by atoms with van der Waals surface area (Å²) in [7, 11) is 0. The average molecular weight is 983 g/mol. The number of carbonyl (C=O) groups is 7. The lowest BCUT2D eigenvalue weighted by Gasteiger charge is -2.32. The minimum Gasteiger partial charge on any atom is -0.379 e. The standard InChI is InChI=1S/C54H75N7O10/c1-40(2)51(59-50(65)25-32-70-34-36-71-35-33-69-31-24-41(3)62)48(63)37-46(15-9-27-57-54(55)68)52(66)58-47-19-16-44(17-20-47)39-60-28-10-12-43(38-60)18-21-49(64)56-26-8-7-11-42-22-29-61(30-23-42)53(67)45-13-5-4-6-14-45/h4-6,10,12-14,16-21,28,38,40,42,46,51H,7-9,11,15,22-27,29-37,39H2,1-3H3,(H5-,55,56,57,58,59,64,65,66,68)/p+1/b21-18+/t46-,51+/m1/s1. The highest BCUT2D eigenvalue weighted by molar-refractivity contribution is 5.97. The van der Waals surface area contributed by atoms with Crippen LogP contribution >= 0.6 is 0 Å². The monoisotopic (exact) mass is 983 g/mol. The van der Waals surface area contributed by atoms with Gasteiger partial charge >= 0.3 is 6.03 Å². The normalized spacial score (nSPS) is 13.7. The fourth-order valence-corrected chi connectivity index (χ4v) is 8.12. The van der Waals surface area contributed by atoms with E-state index in [4.69, 9.17) is 19.9 Å². The van der Waals surface area contributed by atoms with Gasteiger partial charge in [-0.3, -0.25) is 28.8 Å². The van der Waals surface area contributed by atoms with Crippen LogP contribution in [-0.4, -0.2) is 118 Å². The van der Waals surface area contributed by atoms with Crippen molar-refractivity contribution < 1.29 is 52.3 Å². The van der Waals surface area contributed by atoms with Crippen LogP contribution in [-0.2, 0) is 44.7 Å². The number of amides is 6. The summed E-state index contributed by atoms with van der Waals surface area (Å²) in [4.78, 5) is 89.8. The van der Waals surface area contributed by atoms with Gasteiger partial charge in [0.2, 0.25) is 17.7 Å². The number of piperidine rings is 1. The van der Waals surface area contributed by atoms with Crippen molar-refractivity contribution in [3.63, 3.8) is 0 Å². The van der Waals surface area contributed by atoms with Crippen molar-refractivity contribution in [1.29, 1.82) is 0 Å². The molecular weight excluding hydrogens is 907 g/mol. The molecule has 2 aromatic carbocycles. The van der Waals surface area contributed by atoms with E-state index in [1.54, 1.807) is 24.3 Å². The number of aromatic nitrogens is 1. The Balaban J connectivity index is 1.18. The molecule has 386 valence electrons. The molecule has 1 aliphatic heterocycles. The summed E-state index contributed by atoms with van der Waals surface area (Å²) >= 11 is 0. The van der Waals surface area contributed by atoms with E-state index >= 15 is 0 Å². The molecule has 6 amide bonds. The van der Waals surface area contributed by atoms with E-state index in [-0.39, 0.29) is 73.7 Å². The second kappa shape index (κ2) is 32.6. The van der Waals surface area contributed by atoms with Crippen LogP contribution in [0.15, 0.2) is 85.2 Å². The number of primary amides is 1. The smallest absolute Gasteiger partial charge is 0.312 e. The molecule has 0 aliphatic carbocycles. The Hall–Kier alpha value is -6.30. The Bertz CT molecular complexity index is 2160. The number of rotatable bonds is 33. The van der Waals surface area contributed by atoms with E-state index in [0.717, 1.165) is 61.9 Å². The zero-order chi connectivity index (χ0) is 51.2. The molecule has 0 radical (unpaired) electrons. The number of anilines is 1. The fourth-order valence-electron chi connectivity index (χ4n) is 8.12. The first kappa shape index (κ1) is 57.3. The molecular formula is C54H76N7O10+. The molecule has 17 heteroatoms. The molecule has 1 saturated heterocycles. The van der Waals surface area contributed by atoms with Crippen LogP contribution in [0.25, 0.3) is 6.08 Å². The van der Waals surface area contributed by atoms with Crippen molar-refractivity contribution in [3.05, 3.63) is 102 Å². The molecule has 1 aromatic heterocycles. The van der Waals surface area contributed by atoms with Crippen molar-refractivity contribution in [3.8, 4) is 0 Å². The zero-order valence-corrected chi connectivity index (χ0v) is 41.9. The lowest BCUT2D eigenvalue weighted by Crippen LogP contribution is -2.45. The number of pyridine rings is 1. The molecule has 0 bridgehead atoms. The summed E-state index contributed by atoms with van der Waals surface area (Å²) in [5.74, 6) is -1.36. The van der Waals surface area contributed by atoms with Crippen LogP contribution in [0.3, 0.4) is 0 Å². The van der Waals surface area contributed by atoms with Gasteiger partial charge in [0.1, 0.15) is 5.78 Å². The first-order valence-corrected chi connectivity index (χ1v) is 25.0. The number of unbranched alkanes of at least 4 members (excludes halogenated alkanes) is 1. The van der Waals surface area contributed by atoms with Crippen LogP contribution in [0.5, 0.6) is 0 Å². The van der Waals surface area contributed by atoms with E-state index in [2.05, 4.69) is 21.3 Å². The molecule has 0 spiro atoms. The van der Waals surface area contributed by atoms with Gasteiger partial charge in [-0.1, -0.05) is 57.0 Å². The first-order valence-electron chi connectivity index (χ1n) is 25.0. The molecule has 4 rings (SSSR count). The molecule has 1 fully saturated rings. The van der Waals surface area contributed by atoms with Crippen molar-refractivity contribution in [2.24, 2.45) is 23.5 Å². The molecule has 6 N–H and O–H groups in total. The minimum atomic E-state index is -0.822. The minimum absolute atomic E-state index is 0.0360. The SMILES string of the molecule is CC(=O)CCOCCOCCOCCC(=O)N[C@H](C(=O)C[C@@H](CCCNC(N)=O)C(=O)Nc1ccc(C[n+]2cccc(/C=C/C(=O)NCCCCC3CCN(C(=O)c4ccccc4)CC3)c2)cc1)C(C)C. The first-order chi connectivity index (χ1) is 34.3. The number of hydrogen-bond acceptors (Lipinski definition) is 10. The number of urea groups is 1. The number of benzene rings is 2. The third kappa shape index (κ3) is 23.4. The third-order valence-electron chi connectivity index (χ3n) is 12.1. The second-order valence-corrected chi connectivity index (χ2v) is 18.3. The van der Waals surface area contributed by atoms with E-state index in [9.17, 15) is 33.6 Å². The highest BCUT2D eigenvalue weighted by Crippen LogP contribution is 2.24. The predicted octanol–water partition coefficient (Wildman–Crippen LogP) is 5.40. The van der Waals surface area contributed by atoms with E-state index in [1.807, 2.05) is 90.3 Å². The number of ether oxygens (including phenoxy) is 3. The van der Waals surface area contributed by atoms with Gasteiger partial charge < -0.3 is 46.1 Å². The Morgan fingerprint density at radius 1 is 0.789 bits per heavy atom. The van der Waals surface area contributed by atoms with E-state index in [1.165, 1.54) is 6.92 Å². The highest BCUT2D eigenvalue weighted by Gasteiger charge is 2.30. The maximum atomic E-state index is 13.7. The highest BCUT2D eigenvalue weighted by atomic mass is 16.5. The van der Waals surface area contributed by atoms with Gasteiger partial charge in [-0.2, -0.15) is 0 Å². The molecule has 0 unspecified atom stereocenters. The van der Waals surface area contributed by atoms with Crippen LogP contribution in [0.1, 0.15) is 106 Å². The number of nitrogens with zero attached hydrogens (tertiary/aromatic N) is 2. The number of likely N-dealkylation sites (tertiary alicyclic amines) is 1. The van der Waals surface area contributed by atoms with Crippen molar-refractivity contribution in [2.75, 3.05) is 71.1 Å². The quantitative estimate of drug-likeness (QED) is 0.0297. The Kier molecular flexibility index (Phi) is 26.3. The Labute approximate surface area is 419 Å². The third-order valence-corrected chi connectivity index (χ3v) is 12.1. The summed E-state index contributed by atoms with van der Waals surface area (Å²) in [6, 6.07) is 19.2. The topological polar surface area (TPSA) is 228 Å². The number of hydrogen-bond donors (Lipinski definition) is 5. The summed E-state index contributed by atoms with van der Waals surface area (Å²) in [5.41, 5.74) is 8.36. The summed E-state index contributed by atoms with van der Waals surface area (Å²) in [6.45, 7) is 9.92. The van der Waals surface area contributed by atoms with Gasteiger partial charge in [-0.25, -0.2) is 9.36 Å². The molecule has 2 heterocycles. The lowest BCUT2D eigenvalue weighted by atomic mass is 9.89. The second-order valence-electron chi connectivity index (χ2n) is 18.3. The lowest BCUT2D eigenvalue weighted by molar-refractivity contribution is -0.688. The molecule has 17 nitrogen and oxygen atoms in total. The Morgan fingerprint density at radius 3 is 2.11 bits per heavy atom. The average Bonchev–Trinajstić information content (AvgIpc) is 3.35. The molecule has 1 aliphatic rings. The van der Waals surface area contributed by atoms with Gasteiger partial charge in [-0.15, -0.1) is 0 Å². The number of carbonyl (C=O) groups excluding carboxylic acids is 7. The van der Waals surface area contributed by atoms with Crippen LogP contribution < -0.4 is 31.6 Å². The zero-order valence-electron chi connectivity index (χ0n) is 41.9. The van der Waals surface area contributed by atoms with Crippen molar-refractivity contribution >= 4 is 53.0 Å². The van der Waals surface area contributed by atoms with Crippen LogP contribution in [0.4, 0.5) is 10.5 Å². The fraction of sp³-hybridized carbons (Fsp3) is 0.519. The van der Waals surface area contributed by atoms with Crippen LogP contribution in [0.2, 0.25) is 0 Å². The Morgan fingerprint density at radius 2 is 1.45 bits per heavy atom. The maximum absolute atomic E-state index is 13.7. The number of nitrogens with one attached hydrogen (secondary N) is 4. The van der Waals surface area contributed by atoms with E-state index in [0.29, 0.717) is 70.4 Å². The predicted molar refractivity (Wildman–Crippen MR) is 271 cm³/mol. The number of nitrogens with two attached hydrogens (primary N) is 1. The van der Waals surface area contributed by atoms with Crippen molar-refractivity contribution in [2.45, 2.75) is 97.6 Å². The summed E-state index contributed by atoms with van der Waals surface area (Å²) < 4.78 is 18.3. The van der Waals surface area contributed by atoms with Gasteiger partial charge in [-0.05, 0) is 87.3 Å². The maximum Gasteiger partial charge on any atom is 0.312 e. The molecule has 71 heavy (non-hydrogen) atoms. The van der Waals surface area contributed by atoms with Gasteiger partial charge in [0.15, 0.2) is 24.7 Å². The molecule has 3 aromatic rings. The molecule has 0 saturated carbocycles. The van der Waals surface area contributed by atoms with Gasteiger partial charge in [0.25, 0.3) is 5.91 Å². The van der Waals surface area contributed by atoms with Gasteiger partial charge in [0.05, 0.1) is 45.7 Å². The summed E-state index contributed by atoms with van der Waals surface area (Å²) in [5, 5.41) is 11.3.